The van der Waals surface area contributed by atoms with E-state index in [1.165, 1.54) is 0 Å². The zero-order chi connectivity index (χ0) is 20.9. The number of thioether (sulfide) groups is 1. The average molecular weight is 415 g/mol. The van der Waals surface area contributed by atoms with Gasteiger partial charge in [0.05, 0.1) is 24.4 Å². The van der Waals surface area contributed by atoms with Crippen molar-refractivity contribution >= 4 is 29.7 Å². The van der Waals surface area contributed by atoms with Crippen molar-refractivity contribution in [2.45, 2.75) is 5.25 Å². The second kappa shape index (κ2) is 9.06. The molecule has 3 nitrogen and oxygen atoms in total. The van der Waals surface area contributed by atoms with Crippen molar-refractivity contribution in [3.05, 3.63) is 106 Å². The summed E-state index contributed by atoms with van der Waals surface area (Å²) in [6.07, 6.45) is 3.94. The number of methoxy groups -OCH3 is 2. The van der Waals surface area contributed by atoms with E-state index in [2.05, 4.69) is 12.1 Å². The lowest BCUT2D eigenvalue weighted by Gasteiger charge is -2.10. The van der Waals surface area contributed by atoms with Crippen LogP contribution in [0.15, 0.2) is 89.3 Å². The molecule has 0 N–H and O–H groups in total. The highest BCUT2D eigenvalue weighted by Gasteiger charge is 2.34. The Morgan fingerprint density at radius 2 is 1.27 bits per heavy atom. The maximum atomic E-state index is 13.3. The van der Waals surface area contributed by atoms with Gasteiger partial charge in [0.2, 0.25) is 0 Å². The number of hydrogen-bond donors (Lipinski definition) is 0. The minimum atomic E-state index is -0.0368. The van der Waals surface area contributed by atoms with E-state index in [0.717, 1.165) is 38.7 Å². The second-order valence-electron chi connectivity index (χ2n) is 6.89. The summed E-state index contributed by atoms with van der Waals surface area (Å²) in [5, 5.41) is -0.0368. The molecule has 0 amide bonds. The lowest BCUT2D eigenvalue weighted by Crippen LogP contribution is -2.00. The van der Waals surface area contributed by atoms with Crippen molar-refractivity contribution in [1.29, 1.82) is 0 Å². The number of Topliss-reactive ketones (excluding diaryl/α,β-unsaturated/α-hetero) is 1. The lowest BCUT2D eigenvalue weighted by atomic mass is 9.98. The molecule has 0 bridgehead atoms. The minimum Gasteiger partial charge on any atom is -0.497 e. The third-order valence-corrected chi connectivity index (χ3v) is 6.29. The first-order valence-electron chi connectivity index (χ1n) is 9.65. The van der Waals surface area contributed by atoms with Gasteiger partial charge in [0, 0.05) is 5.57 Å². The van der Waals surface area contributed by atoms with Crippen LogP contribution in [0.2, 0.25) is 0 Å². The molecule has 1 unspecified atom stereocenters. The van der Waals surface area contributed by atoms with E-state index in [1.807, 2.05) is 78.9 Å². The van der Waals surface area contributed by atoms with Crippen LogP contribution in [-0.4, -0.2) is 20.0 Å². The Bertz CT molecular complexity index is 1080. The van der Waals surface area contributed by atoms with E-state index in [9.17, 15) is 4.79 Å². The molecule has 1 heterocycles. The van der Waals surface area contributed by atoms with Crippen LogP contribution >= 0.6 is 11.8 Å². The van der Waals surface area contributed by atoms with Crippen LogP contribution in [0.1, 0.15) is 21.9 Å². The topological polar surface area (TPSA) is 35.5 Å². The van der Waals surface area contributed by atoms with E-state index in [4.69, 9.17) is 9.47 Å². The van der Waals surface area contributed by atoms with Crippen molar-refractivity contribution in [3.63, 3.8) is 0 Å². The van der Waals surface area contributed by atoms with Gasteiger partial charge < -0.3 is 9.47 Å². The van der Waals surface area contributed by atoms with Crippen LogP contribution < -0.4 is 9.47 Å². The zero-order valence-corrected chi connectivity index (χ0v) is 17.7. The number of rotatable bonds is 5. The van der Waals surface area contributed by atoms with Crippen LogP contribution in [0.4, 0.5) is 0 Å². The highest BCUT2D eigenvalue weighted by Crippen LogP contribution is 2.50. The van der Waals surface area contributed by atoms with Crippen molar-refractivity contribution in [3.8, 4) is 11.5 Å². The lowest BCUT2D eigenvalue weighted by molar-refractivity contribution is -0.111. The third kappa shape index (κ3) is 4.34. The quantitative estimate of drug-likeness (QED) is 0.467. The molecule has 3 aromatic rings. The normalized spacial score (nSPS) is 18.7. The Kier molecular flexibility index (Phi) is 6.05. The molecule has 1 aliphatic heterocycles. The zero-order valence-electron chi connectivity index (χ0n) is 16.9. The summed E-state index contributed by atoms with van der Waals surface area (Å²) in [5.41, 5.74) is 3.86. The highest BCUT2D eigenvalue weighted by molar-refractivity contribution is 8.05. The first-order chi connectivity index (χ1) is 14.7. The molecule has 1 fully saturated rings. The number of allylic oxidation sites excluding steroid dienone is 1. The molecule has 3 aromatic carbocycles. The summed E-state index contributed by atoms with van der Waals surface area (Å²) in [4.78, 5) is 14.1. The van der Waals surface area contributed by atoms with Crippen molar-refractivity contribution in [2.24, 2.45) is 0 Å². The number of benzene rings is 3. The molecule has 4 heteroatoms. The largest absolute Gasteiger partial charge is 0.497 e. The van der Waals surface area contributed by atoms with Crippen molar-refractivity contribution in [1.82, 2.24) is 0 Å². The van der Waals surface area contributed by atoms with Gasteiger partial charge in [0.15, 0.2) is 5.78 Å². The molecule has 1 aliphatic rings. The van der Waals surface area contributed by atoms with Gasteiger partial charge in [0.25, 0.3) is 0 Å². The van der Waals surface area contributed by atoms with Crippen LogP contribution in [0.25, 0.3) is 12.2 Å². The Labute approximate surface area is 181 Å². The number of hydrogen-bond acceptors (Lipinski definition) is 4. The monoisotopic (exact) mass is 414 g/mol. The Balaban J connectivity index is 1.72. The SMILES string of the molecule is COc1ccc(/C=C2/SC(c3ccccc3)/C(=C/c3ccc(OC)cc3)C2=O)cc1. The standard InChI is InChI=1S/C26H22O3S/c1-28-21-12-8-18(9-13-21)16-23-25(27)24(17-19-10-14-22(29-2)15-11-19)30-26(23)20-6-4-3-5-7-20/h3-17,26H,1-2H3/b23-16+,24-17+. The summed E-state index contributed by atoms with van der Waals surface area (Å²) < 4.78 is 10.5. The van der Waals surface area contributed by atoms with Gasteiger partial charge >= 0.3 is 0 Å². The van der Waals surface area contributed by atoms with Gasteiger partial charge in [0.1, 0.15) is 11.5 Å². The molecular formula is C26H22O3S. The van der Waals surface area contributed by atoms with E-state index >= 15 is 0 Å². The number of ketones is 1. The summed E-state index contributed by atoms with van der Waals surface area (Å²) in [6.45, 7) is 0. The van der Waals surface area contributed by atoms with Crippen LogP contribution in [0, 0.1) is 0 Å². The van der Waals surface area contributed by atoms with E-state index in [1.54, 1.807) is 26.0 Å². The molecule has 0 spiro atoms. The summed E-state index contributed by atoms with van der Waals surface area (Å²) >= 11 is 1.60. The van der Waals surface area contributed by atoms with E-state index < -0.39 is 0 Å². The highest BCUT2D eigenvalue weighted by atomic mass is 32.2. The first kappa shape index (κ1) is 20.0. The van der Waals surface area contributed by atoms with E-state index in [0.29, 0.717) is 0 Å². The maximum absolute atomic E-state index is 13.3. The molecule has 4 rings (SSSR count). The second-order valence-corrected chi connectivity index (χ2v) is 8.04. The maximum Gasteiger partial charge on any atom is 0.196 e. The molecule has 0 radical (unpaired) electrons. The van der Waals surface area contributed by atoms with Crippen molar-refractivity contribution in [2.75, 3.05) is 14.2 Å². The predicted molar refractivity (Wildman–Crippen MR) is 124 cm³/mol. The smallest absolute Gasteiger partial charge is 0.196 e. The summed E-state index contributed by atoms with van der Waals surface area (Å²) in [6, 6.07) is 25.6. The minimum absolute atomic E-state index is 0.0368. The van der Waals surface area contributed by atoms with Crippen LogP contribution in [0.3, 0.4) is 0 Å². The number of carbonyl (C=O) groups is 1. The van der Waals surface area contributed by atoms with E-state index in [-0.39, 0.29) is 11.0 Å². The van der Waals surface area contributed by atoms with Crippen LogP contribution in [-0.2, 0) is 4.79 Å². The summed E-state index contributed by atoms with van der Waals surface area (Å²) in [7, 11) is 3.29. The molecule has 1 saturated heterocycles. The molecule has 1 atom stereocenters. The Morgan fingerprint density at radius 3 is 1.80 bits per heavy atom. The third-order valence-electron chi connectivity index (χ3n) is 4.97. The number of carbonyl (C=O) groups excluding carboxylic acids is 1. The average Bonchev–Trinajstić information content (AvgIpc) is 3.10. The van der Waals surface area contributed by atoms with Crippen LogP contribution in [0.5, 0.6) is 11.5 Å². The van der Waals surface area contributed by atoms with Crippen molar-refractivity contribution < 1.29 is 14.3 Å². The van der Waals surface area contributed by atoms with Gasteiger partial charge in [-0.3, -0.25) is 4.79 Å². The van der Waals surface area contributed by atoms with Gasteiger partial charge in [-0.2, -0.15) is 0 Å². The predicted octanol–water partition coefficient (Wildman–Crippen LogP) is 6.19. The fraction of sp³-hybridized carbons (Fsp3) is 0.115. The summed E-state index contributed by atoms with van der Waals surface area (Å²) in [5.74, 6) is 1.66. The van der Waals surface area contributed by atoms with Gasteiger partial charge in [-0.05, 0) is 53.1 Å². The molecule has 150 valence electrons. The van der Waals surface area contributed by atoms with Gasteiger partial charge in [-0.15, -0.1) is 11.8 Å². The fourth-order valence-corrected chi connectivity index (χ4v) is 4.63. The molecular weight excluding hydrogens is 392 g/mol. The first-order valence-corrected chi connectivity index (χ1v) is 10.5. The fourth-order valence-electron chi connectivity index (χ4n) is 3.35. The van der Waals surface area contributed by atoms with Gasteiger partial charge in [-0.25, -0.2) is 0 Å². The molecule has 0 aromatic heterocycles. The Morgan fingerprint density at radius 1 is 0.733 bits per heavy atom. The molecule has 0 saturated carbocycles. The molecule has 0 aliphatic carbocycles. The molecule has 30 heavy (non-hydrogen) atoms. The number of ether oxygens (including phenoxy) is 2. The Hall–Kier alpha value is -3.24. The van der Waals surface area contributed by atoms with Gasteiger partial charge in [-0.1, -0.05) is 54.6 Å².